The second-order valence-corrected chi connectivity index (χ2v) is 5.40. The van der Waals surface area contributed by atoms with Crippen molar-refractivity contribution in [1.82, 2.24) is 5.32 Å². The number of methoxy groups -OCH3 is 1. The van der Waals surface area contributed by atoms with Gasteiger partial charge in [-0.25, -0.2) is 4.79 Å². The average molecular weight is 343 g/mol. The summed E-state index contributed by atoms with van der Waals surface area (Å²) in [6.45, 7) is 0.458. The lowest BCUT2D eigenvalue weighted by atomic mass is 10.1. The van der Waals surface area contributed by atoms with Gasteiger partial charge in [0.1, 0.15) is 18.4 Å². The second-order valence-electron chi connectivity index (χ2n) is 5.40. The summed E-state index contributed by atoms with van der Waals surface area (Å²) >= 11 is 0. The van der Waals surface area contributed by atoms with Gasteiger partial charge in [0.15, 0.2) is 0 Å². The van der Waals surface area contributed by atoms with Gasteiger partial charge in [0.2, 0.25) is 0 Å². The number of carbonyl (C=O) groups excluding carboxylic acids is 1. The molecular formula is C19H21NO5. The monoisotopic (exact) mass is 343 g/mol. The maximum atomic E-state index is 12.5. The number of para-hydroxylation sites is 1. The lowest BCUT2D eigenvalue weighted by Crippen LogP contribution is -2.41. The van der Waals surface area contributed by atoms with Crippen LogP contribution in [0.4, 0.5) is 0 Å². The van der Waals surface area contributed by atoms with E-state index in [0.29, 0.717) is 16.9 Å². The van der Waals surface area contributed by atoms with Crippen molar-refractivity contribution < 1.29 is 24.2 Å². The van der Waals surface area contributed by atoms with Crippen LogP contribution in [0, 0.1) is 0 Å². The lowest BCUT2D eigenvalue weighted by Gasteiger charge is -2.16. The first-order valence-electron chi connectivity index (χ1n) is 7.90. The third kappa shape index (κ3) is 5.61. The fourth-order valence-corrected chi connectivity index (χ4v) is 2.27. The predicted octanol–water partition coefficient (Wildman–Crippen LogP) is 2.49. The van der Waals surface area contributed by atoms with Crippen LogP contribution in [0.3, 0.4) is 0 Å². The summed E-state index contributed by atoms with van der Waals surface area (Å²) in [6, 6.07) is 15.2. The van der Waals surface area contributed by atoms with Crippen molar-refractivity contribution >= 4 is 11.9 Å². The number of carboxylic acids is 1. The van der Waals surface area contributed by atoms with Crippen molar-refractivity contribution in [3.8, 4) is 5.75 Å². The normalized spacial score (nSPS) is 11.6. The highest BCUT2D eigenvalue weighted by atomic mass is 16.5. The molecule has 0 bridgehead atoms. The zero-order valence-electron chi connectivity index (χ0n) is 14.0. The number of nitrogens with one attached hydrogen (secondary N) is 1. The molecule has 6 heteroatoms. The van der Waals surface area contributed by atoms with E-state index in [2.05, 4.69) is 5.32 Å². The molecule has 132 valence electrons. The molecule has 0 saturated heterocycles. The molecule has 0 saturated carbocycles. The van der Waals surface area contributed by atoms with Crippen molar-refractivity contribution in [3.05, 3.63) is 65.7 Å². The molecule has 2 aromatic carbocycles. The first kappa shape index (κ1) is 18.5. The lowest BCUT2D eigenvalue weighted by molar-refractivity contribution is -0.139. The van der Waals surface area contributed by atoms with Crippen LogP contribution < -0.4 is 10.1 Å². The van der Waals surface area contributed by atoms with E-state index in [1.54, 1.807) is 24.3 Å². The standard InChI is InChI=1S/C19H21NO5/c1-24-12-11-17(19(22)23)20-18(21)16-10-6-5-7-14(16)13-25-15-8-3-2-4-9-15/h2-10,17H,11-13H2,1H3,(H,20,21)(H,22,23). The van der Waals surface area contributed by atoms with E-state index in [0.717, 1.165) is 0 Å². The van der Waals surface area contributed by atoms with Crippen LogP contribution in [0.15, 0.2) is 54.6 Å². The van der Waals surface area contributed by atoms with E-state index in [1.807, 2.05) is 30.3 Å². The van der Waals surface area contributed by atoms with Crippen LogP contribution in [0.2, 0.25) is 0 Å². The van der Waals surface area contributed by atoms with Crippen LogP contribution >= 0.6 is 0 Å². The van der Waals surface area contributed by atoms with Gasteiger partial charge in [-0.1, -0.05) is 36.4 Å². The van der Waals surface area contributed by atoms with Crippen LogP contribution in [0.25, 0.3) is 0 Å². The number of carbonyl (C=O) groups is 2. The van der Waals surface area contributed by atoms with Gasteiger partial charge in [0, 0.05) is 31.3 Å². The van der Waals surface area contributed by atoms with Crippen LogP contribution in [0.5, 0.6) is 5.75 Å². The third-order valence-corrected chi connectivity index (χ3v) is 3.61. The molecule has 2 rings (SSSR count). The molecule has 0 aromatic heterocycles. The smallest absolute Gasteiger partial charge is 0.326 e. The molecule has 0 heterocycles. The maximum absolute atomic E-state index is 12.5. The van der Waals surface area contributed by atoms with Crippen LogP contribution in [-0.2, 0) is 16.1 Å². The molecule has 2 aromatic rings. The van der Waals surface area contributed by atoms with Gasteiger partial charge in [-0.15, -0.1) is 0 Å². The van der Waals surface area contributed by atoms with E-state index in [4.69, 9.17) is 9.47 Å². The van der Waals surface area contributed by atoms with Crippen molar-refractivity contribution in [2.24, 2.45) is 0 Å². The quantitative estimate of drug-likeness (QED) is 0.731. The molecule has 0 radical (unpaired) electrons. The number of hydrogen-bond donors (Lipinski definition) is 2. The Bertz CT molecular complexity index is 702. The highest BCUT2D eigenvalue weighted by Gasteiger charge is 2.21. The van der Waals surface area contributed by atoms with E-state index >= 15 is 0 Å². The minimum atomic E-state index is -1.09. The summed E-state index contributed by atoms with van der Waals surface area (Å²) < 4.78 is 10.6. The fourth-order valence-electron chi connectivity index (χ4n) is 2.27. The molecule has 0 aliphatic heterocycles. The molecule has 25 heavy (non-hydrogen) atoms. The molecule has 0 spiro atoms. The Kier molecular flexibility index (Phi) is 6.98. The average Bonchev–Trinajstić information content (AvgIpc) is 2.64. The van der Waals surface area contributed by atoms with Crippen molar-refractivity contribution in [3.63, 3.8) is 0 Å². The Morgan fingerprint density at radius 2 is 1.76 bits per heavy atom. The van der Waals surface area contributed by atoms with E-state index in [-0.39, 0.29) is 19.6 Å². The number of ether oxygens (including phenoxy) is 2. The van der Waals surface area contributed by atoms with Gasteiger partial charge >= 0.3 is 5.97 Å². The summed E-state index contributed by atoms with van der Waals surface area (Å²) in [5, 5.41) is 11.8. The molecule has 1 unspecified atom stereocenters. The molecule has 0 fully saturated rings. The third-order valence-electron chi connectivity index (χ3n) is 3.61. The van der Waals surface area contributed by atoms with Gasteiger partial charge in [0.25, 0.3) is 5.91 Å². The van der Waals surface area contributed by atoms with Crippen molar-refractivity contribution in [2.45, 2.75) is 19.1 Å². The van der Waals surface area contributed by atoms with Gasteiger partial charge in [-0.3, -0.25) is 4.79 Å². The van der Waals surface area contributed by atoms with E-state index in [9.17, 15) is 14.7 Å². The summed E-state index contributed by atoms with van der Waals surface area (Å²) in [6.07, 6.45) is 0.195. The van der Waals surface area contributed by atoms with Crippen LogP contribution in [0.1, 0.15) is 22.3 Å². The van der Waals surface area contributed by atoms with Crippen LogP contribution in [-0.4, -0.2) is 36.7 Å². The number of carboxylic acid groups (broad SMARTS) is 1. The Hall–Kier alpha value is -2.86. The first-order valence-corrected chi connectivity index (χ1v) is 7.90. The largest absolute Gasteiger partial charge is 0.489 e. The summed E-state index contributed by atoms with van der Waals surface area (Å²) in [7, 11) is 1.48. The number of aliphatic carboxylic acids is 1. The minimum Gasteiger partial charge on any atom is -0.489 e. The first-order chi connectivity index (χ1) is 12.1. The van der Waals surface area contributed by atoms with E-state index in [1.165, 1.54) is 7.11 Å². The number of amides is 1. The Labute approximate surface area is 146 Å². The molecule has 0 aliphatic rings. The molecule has 1 amide bonds. The molecule has 1 atom stereocenters. The Morgan fingerprint density at radius 1 is 1.08 bits per heavy atom. The number of benzene rings is 2. The second kappa shape index (κ2) is 9.44. The van der Waals surface area contributed by atoms with Gasteiger partial charge in [-0.05, 0) is 18.2 Å². The Morgan fingerprint density at radius 3 is 2.44 bits per heavy atom. The summed E-state index contributed by atoms with van der Waals surface area (Å²) in [4.78, 5) is 23.8. The zero-order chi connectivity index (χ0) is 18.1. The van der Waals surface area contributed by atoms with Gasteiger partial charge in [-0.2, -0.15) is 0 Å². The minimum absolute atomic E-state index is 0.195. The molecule has 0 aliphatic carbocycles. The Balaban J connectivity index is 2.07. The highest BCUT2D eigenvalue weighted by molar-refractivity contribution is 5.97. The zero-order valence-corrected chi connectivity index (χ0v) is 14.0. The SMILES string of the molecule is COCCC(NC(=O)c1ccccc1COc1ccccc1)C(=O)O. The molecule has 2 N–H and O–H groups in total. The molecular weight excluding hydrogens is 322 g/mol. The predicted molar refractivity (Wildman–Crippen MR) is 92.6 cm³/mol. The topological polar surface area (TPSA) is 84.9 Å². The van der Waals surface area contributed by atoms with Gasteiger partial charge in [0.05, 0.1) is 0 Å². The fraction of sp³-hybridized carbons (Fsp3) is 0.263. The number of rotatable bonds is 9. The highest BCUT2D eigenvalue weighted by Crippen LogP contribution is 2.15. The van der Waals surface area contributed by atoms with Crippen molar-refractivity contribution in [2.75, 3.05) is 13.7 Å². The number of hydrogen-bond acceptors (Lipinski definition) is 4. The summed E-state index contributed by atoms with van der Waals surface area (Å²) in [5.74, 6) is -0.847. The van der Waals surface area contributed by atoms with Gasteiger partial charge < -0.3 is 19.9 Å². The molecule has 6 nitrogen and oxygen atoms in total. The van der Waals surface area contributed by atoms with Crippen molar-refractivity contribution in [1.29, 1.82) is 0 Å². The van der Waals surface area contributed by atoms with E-state index < -0.39 is 17.9 Å². The maximum Gasteiger partial charge on any atom is 0.326 e. The summed E-state index contributed by atoms with van der Waals surface area (Å²) in [5.41, 5.74) is 1.07.